The van der Waals surface area contributed by atoms with E-state index < -0.39 is 0 Å². The van der Waals surface area contributed by atoms with Gasteiger partial charge in [-0.2, -0.15) is 0 Å². The van der Waals surface area contributed by atoms with E-state index in [0.717, 1.165) is 36.1 Å². The number of imidazole rings is 1. The summed E-state index contributed by atoms with van der Waals surface area (Å²) in [6.45, 7) is 4.58. The monoisotopic (exact) mass is 367 g/mol. The first kappa shape index (κ1) is 14.6. The van der Waals surface area contributed by atoms with Crippen LogP contribution in [0.3, 0.4) is 0 Å². The van der Waals surface area contributed by atoms with Gasteiger partial charge >= 0.3 is 0 Å². The fourth-order valence-corrected chi connectivity index (χ4v) is 2.57. The van der Waals surface area contributed by atoms with Crippen LogP contribution in [-0.2, 0) is 13.0 Å². The van der Waals surface area contributed by atoms with Gasteiger partial charge in [-0.3, -0.25) is 4.99 Å². The normalized spacial score (nSPS) is 14.3. The summed E-state index contributed by atoms with van der Waals surface area (Å²) in [6, 6.07) is 0. The van der Waals surface area contributed by atoms with Gasteiger partial charge in [0.15, 0.2) is 11.1 Å². The maximum atomic E-state index is 5.63. The highest BCUT2D eigenvalue weighted by molar-refractivity contribution is 14.0. The number of aliphatic imine (C=N–C) groups is 1. The second-order valence-corrected chi connectivity index (χ2v) is 4.67. The molecule has 7 heteroatoms. The Labute approximate surface area is 123 Å². The van der Waals surface area contributed by atoms with Gasteiger partial charge in [-0.15, -0.1) is 24.0 Å². The Kier molecular flexibility index (Phi) is 6.10. The van der Waals surface area contributed by atoms with Crippen LogP contribution in [0.5, 0.6) is 0 Å². The Morgan fingerprint density at radius 2 is 2.53 bits per heavy atom. The largest absolute Gasteiger partial charge is 0.370 e. The number of guanidine groups is 1. The molecule has 0 amide bonds. The number of aromatic nitrogens is 2. The summed E-state index contributed by atoms with van der Waals surface area (Å²) in [5.74, 6) is 1.66. The van der Waals surface area contributed by atoms with Crippen LogP contribution in [0.15, 0.2) is 16.3 Å². The van der Waals surface area contributed by atoms with Crippen LogP contribution in [0.4, 0.5) is 0 Å². The average molecular weight is 367 g/mol. The van der Waals surface area contributed by atoms with Crippen molar-refractivity contribution in [2.24, 2.45) is 10.7 Å². The molecule has 2 heterocycles. The number of nitrogens with two attached hydrogens (primary N) is 1. The van der Waals surface area contributed by atoms with E-state index in [0.29, 0.717) is 12.5 Å². The Bertz CT molecular complexity index is 369. The molecule has 0 saturated carbocycles. The van der Waals surface area contributed by atoms with E-state index >= 15 is 0 Å². The van der Waals surface area contributed by atoms with Gasteiger partial charge in [-0.05, 0) is 6.92 Å². The van der Waals surface area contributed by atoms with Gasteiger partial charge < -0.3 is 15.6 Å². The summed E-state index contributed by atoms with van der Waals surface area (Å²) in [5.41, 5.74) is 6.74. The molecule has 0 bridgehead atoms. The number of rotatable bonds is 4. The zero-order valence-corrected chi connectivity index (χ0v) is 13.0. The second-order valence-electron chi connectivity index (χ2n) is 3.60. The van der Waals surface area contributed by atoms with Crippen molar-refractivity contribution in [3.63, 3.8) is 0 Å². The molecule has 1 aromatic rings. The van der Waals surface area contributed by atoms with Crippen LogP contribution in [0.25, 0.3) is 0 Å². The van der Waals surface area contributed by atoms with E-state index in [1.54, 1.807) is 0 Å². The van der Waals surface area contributed by atoms with Gasteiger partial charge in [0, 0.05) is 38.0 Å². The second kappa shape index (κ2) is 7.10. The van der Waals surface area contributed by atoms with Crippen molar-refractivity contribution in [2.75, 3.05) is 18.8 Å². The first-order chi connectivity index (χ1) is 7.79. The van der Waals surface area contributed by atoms with Crippen molar-refractivity contribution in [2.45, 2.75) is 25.0 Å². The first-order valence-electron chi connectivity index (χ1n) is 5.52. The molecule has 2 rings (SSSR count). The molecule has 0 saturated heterocycles. The van der Waals surface area contributed by atoms with E-state index in [4.69, 9.17) is 5.73 Å². The molecule has 1 aromatic heterocycles. The van der Waals surface area contributed by atoms with Gasteiger partial charge in [0.1, 0.15) is 0 Å². The fourth-order valence-electron chi connectivity index (χ4n) is 1.61. The number of nitrogens with zero attached hydrogens (tertiary/aromatic N) is 3. The quantitative estimate of drug-likeness (QED) is 0.475. The number of halogens is 1. The van der Waals surface area contributed by atoms with Crippen molar-refractivity contribution in [3.05, 3.63) is 11.9 Å². The number of aryl methyl sites for hydroxylation is 1. The third kappa shape index (κ3) is 4.06. The first-order valence-corrected chi connectivity index (χ1v) is 6.51. The van der Waals surface area contributed by atoms with Crippen molar-refractivity contribution >= 4 is 41.7 Å². The van der Waals surface area contributed by atoms with E-state index in [2.05, 4.69) is 26.1 Å². The summed E-state index contributed by atoms with van der Waals surface area (Å²) in [6.07, 6.45) is 2.97. The molecule has 3 N–H and O–H groups in total. The zero-order chi connectivity index (χ0) is 11.4. The number of hydrogen-bond acceptors (Lipinski definition) is 3. The van der Waals surface area contributed by atoms with Gasteiger partial charge in [-0.1, -0.05) is 11.8 Å². The van der Waals surface area contributed by atoms with E-state index in [1.165, 1.54) is 0 Å². The predicted molar refractivity (Wildman–Crippen MR) is 82.2 cm³/mol. The van der Waals surface area contributed by atoms with Crippen LogP contribution in [0.2, 0.25) is 0 Å². The Morgan fingerprint density at radius 1 is 1.71 bits per heavy atom. The molecule has 96 valence electrons. The molecule has 0 radical (unpaired) electrons. The van der Waals surface area contributed by atoms with Crippen molar-refractivity contribution in [3.8, 4) is 0 Å². The molecule has 5 nitrogen and oxygen atoms in total. The summed E-state index contributed by atoms with van der Waals surface area (Å²) in [5, 5.41) is 4.11. The van der Waals surface area contributed by atoms with Crippen LogP contribution in [-0.4, -0.2) is 34.4 Å². The van der Waals surface area contributed by atoms with E-state index in [9.17, 15) is 0 Å². The van der Waals surface area contributed by atoms with Gasteiger partial charge in [0.25, 0.3) is 0 Å². The molecule has 0 aromatic carbocycles. The number of thioether (sulfide) groups is 1. The molecule has 0 unspecified atom stereocenters. The Morgan fingerprint density at radius 3 is 3.24 bits per heavy atom. The average Bonchev–Trinajstić information content (AvgIpc) is 2.78. The maximum Gasteiger partial charge on any atom is 0.188 e. The lowest BCUT2D eigenvalue weighted by Gasteiger charge is -2.00. The Hall–Kier alpha value is -0.440. The smallest absolute Gasteiger partial charge is 0.188 e. The number of fused-ring (bicyclic) bond motifs is 1. The maximum absolute atomic E-state index is 5.63. The fraction of sp³-hybridized carbons (Fsp3) is 0.600. The lowest BCUT2D eigenvalue weighted by Crippen LogP contribution is -2.31. The van der Waals surface area contributed by atoms with Crippen LogP contribution >= 0.6 is 35.7 Å². The molecule has 0 aliphatic carbocycles. The lowest BCUT2D eigenvalue weighted by molar-refractivity contribution is 0.719. The van der Waals surface area contributed by atoms with Crippen LogP contribution < -0.4 is 11.1 Å². The molecule has 0 spiro atoms. The Balaban J connectivity index is 0.00000144. The van der Waals surface area contributed by atoms with E-state index in [1.807, 2.05) is 18.7 Å². The summed E-state index contributed by atoms with van der Waals surface area (Å²) in [7, 11) is 0. The van der Waals surface area contributed by atoms with Gasteiger partial charge in [-0.25, -0.2) is 4.98 Å². The predicted octanol–water partition coefficient (Wildman–Crippen LogP) is 1.07. The SMILES string of the molecule is CCNC(N)=NCCc1cn2c(n1)SCC2.I. The molecular weight excluding hydrogens is 349 g/mol. The lowest BCUT2D eigenvalue weighted by atomic mass is 10.3. The van der Waals surface area contributed by atoms with Crippen molar-refractivity contribution < 1.29 is 0 Å². The van der Waals surface area contributed by atoms with E-state index in [-0.39, 0.29) is 24.0 Å². The highest BCUT2D eigenvalue weighted by atomic mass is 127. The summed E-state index contributed by atoms with van der Waals surface area (Å²) < 4.78 is 2.21. The third-order valence-electron chi connectivity index (χ3n) is 2.36. The molecule has 0 atom stereocenters. The molecule has 1 aliphatic heterocycles. The summed E-state index contributed by atoms with van der Waals surface area (Å²) >= 11 is 1.82. The highest BCUT2D eigenvalue weighted by Crippen LogP contribution is 2.24. The van der Waals surface area contributed by atoms with Crippen molar-refractivity contribution in [1.29, 1.82) is 0 Å². The highest BCUT2D eigenvalue weighted by Gasteiger charge is 2.13. The van der Waals surface area contributed by atoms with Gasteiger partial charge in [0.2, 0.25) is 0 Å². The standard InChI is InChI=1S/C10H17N5S.HI/c1-2-12-9(11)13-4-3-8-7-15-5-6-16-10(15)14-8;/h7H,2-6H2,1H3,(H3,11,12,13);1H. The number of hydrogen-bond donors (Lipinski definition) is 2. The topological polar surface area (TPSA) is 68.2 Å². The summed E-state index contributed by atoms with van der Waals surface area (Å²) in [4.78, 5) is 8.75. The molecule has 17 heavy (non-hydrogen) atoms. The molecule has 1 aliphatic rings. The van der Waals surface area contributed by atoms with Crippen LogP contribution in [0.1, 0.15) is 12.6 Å². The van der Waals surface area contributed by atoms with Crippen LogP contribution in [0, 0.1) is 0 Å². The minimum Gasteiger partial charge on any atom is -0.370 e. The molecular formula is C10H18IN5S. The van der Waals surface area contributed by atoms with Crippen molar-refractivity contribution in [1.82, 2.24) is 14.9 Å². The third-order valence-corrected chi connectivity index (χ3v) is 3.33. The zero-order valence-electron chi connectivity index (χ0n) is 9.85. The molecule has 0 fully saturated rings. The minimum atomic E-state index is 0. The van der Waals surface area contributed by atoms with Gasteiger partial charge in [0.05, 0.1) is 5.69 Å². The minimum absolute atomic E-state index is 0. The number of nitrogens with one attached hydrogen (secondary N) is 1.